The summed E-state index contributed by atoms with van der Waals surface area (Å²) in [5.41, 5.74) is 2.54. The molecule has 1 aliphatic heterocycles. The van der Waals surface area contributed by atoms with Gasteiger partial charge in [-0.15, -0.1) is 0 Å². The Morgan fingerprint density at radius 2 is 2.05 bits per heavy atom. The van der Waals surface area contributed by atoms with Crippen LogP contribution in [0.15, 0.2) is 18.7 Å². The molecule has 3 rings (SSSR count). The van der Waals surface area contributed by atoms with E-state index in [0.29, 0.717) is 17.8 Å². The van der Waals surface area contributed by atoms with E-state index in [0.717, 1.165) is 19.4 Å². The van der Waals surface area contributed by atoms with Gasteiger partial charge in [0, 0.05) is 24.5 Å². The number of hydrogen-bond acceptors (Lipinski definition) is 7. The fourth-order valence-corrected chi connectivity index (χ4v) is 2.51. The van der Waals surface area contributed by atoms with Crippen LogP contribution in [-0.2, 0) is 0 Å². The van der Waals surface area contributed by atoms with Gasteiger partial charge in [0.15, 0.2) is 0 Å². The van der Waals surface area contributed by atoms with E-state index in [1.54, 1.807) is 23.3 Å². The van der Waals surface area contributed by atoms with E-state index in [1.807, 2.05) is 0 Å². The molecule has 0 spiro atoms. The predicted octanol–water partition coefficient (Wildman–Crippen LogP) is 0.722. The van der Waals surface area contributed by atoms with Gasteiger partial charge in [0.2, 0.25) is 17.8 Å². The monoisotopic (exact) mass is 274 g/mol. The van der Waals surface area contributed by atoms with Gasteiger partial charge < -0.3 is 4.90 Å². The van der Waals surface area contributed by atoms with Crippen molar-refractivity contribution in [2.75, 3.05) is 16.9 Å². The summed E-state index contributed by atoms with van der Waals surface area (Å²) in [5, 5.41) is 0. The average Bonchev–Trinajstić information content (AvgIpc) is 3.07. The van der Waals surface area contributed by atoms with E-state index in [2.05, 4.69) is 44.1 Å². The minimum Gasteiger partial charge on any atom is -0.336 e. The van der Waals surface area contributed by atoms with Crippen molar-refractivity contribution in [2.45, 2.75) is 32.2 Å². The molecule has 20 heavy (non-hydrogen) atoms. The molecule has 106 valence electrons. The first-order valence-electron chi connectivity index (χ1n) is 6.59. The fraction of sp³-hybridized carbons (Fsp3) is 0.500. The largest absolute Gasteiger partial charge is 0.336 e. The van der Waals surface area contributed by atoms with Gasteiger partial charge in [0.25, 0.3) is 0 Å². The zero-order valence-electron chi connectivity index (χ0n) is 11.6. The lowest BCUT2D eigenvalue weighted by Crippen LogP contribution is -2.39. The van der Waals surface area contributed by atoms with E-state index < -0.39 is 0 Å². The molecule has 8 heteroatoms. The molecule has 0 saturated carbocycles. The highest BCUT2D eigenvalue weighted by Gasteiger charge is 2.34. The van der Waals surface area contributed by atoms with Crippen molar-refractivity contribution in [3.63, 3.8) is 0 Å². The van der Waals surface area contributed by atoms with Crippen molar-refractivity contribution >= 4 is 11.9 Å². The van der Waals surface area contributed by atoms with Crippen LogP contribution in [0.4, 0.5) is 11.9 Å². The van der Waals surface area contributed by atoms with Gasteiger partial charge in [0.05, 0.1) is 0 Å². The van der Waals surface area contributed by atoms with E-state index in [1.165, 1.54) is 0 Å². The molecular formula is C12H18N8. The van der Waals surface area contributed by atoms with Crippen LogP contribution >= 0.6 is 0 Å². The van der Waals surface area contributed by atoms with Crippen LogP contribution in [0, 0.1) is 0 Å². The lowest BCUT2D eigenvalue weighted by Gasteiger charge is -2.31. The molecule has 0 bridgehead atoms. The topological polar surface area (TPSA) is 97.8 Å². The van der Waals surface area contributed by atoms with Crippen LogP contribution in [0.1, 0.15) is 26.7 Å². The maximum Gasteiger partial charge on any atom is 0.243 e. The highest BCUT2D eigenvalue weighted by Crippen LogP contribution is 2.31. The first-order chi connectivity index (χ1) is 9.60. The highest BCUT2D eigenvalue weighted by atomic mass is 15.4. The van der Waals surface area contributed by atoms with Crippen LogP contribution in [0.3, 0.4) is 0 Å². The van der Waals surface area contributed by atoms with Gasteiger partial charge in [-0.2, -0.15) is 15.0 Å². The average molecular weight is 274 g/mol. The number of rotatable bonds is 3. The standard InChI is InChI=1S/C12H18N8/c1-12(2)4-3-6-20(12)11-16-9(18-13)15-10(17-11)19-7-5-14-8-19/h5,7-8H,3-4,6,13H2,1-2H3,(H,15,16,17,18). The molecule has 0 amide bonds. The van der Waals surface area contributed by atoms with Crippen LogP contribution in [0.2, 0.25) is 0 Å². The number of nitrogens with one attached hydrogen (secondary N) is 1. The molecule has 0 radical (unpaired) electrons. The van der Waals surface area contributed by atoms with E-state index in [4.69, 9.17) is 5.84 Å². The Morgan fingerprint density at radius 3 is 2.65 bits per heavy atom. The fourth-order valence-electron chi connectivity index (χ4n) is 2.51. The first kappa shape index (κ1) is 12.8. The summed E-state index contributed by atoms with van der Waals surface area (Å²) in [4.78, 5) is 19.4. The second-order valence-corrected chi connectivity index (χ2v) is 5.44. The normalized spacial score (nSPS) is 17.4. The molecule has 1 aliphatic rings. The van der Waals surface area contributed by atoms with Gasteiger partial charge in [0.1, 0.15) is 6.33 Å². The van der Waals surface area contributed by atoms with Gasteiger partial charge >= 0.3 is 0 Å². The van der Waals surface area contributed by atoms with Gasteiger partial charge in [-0.1, -0.05) is 0 Å². The number of nitrogen functional groups attached to an aromatic ring is 1. The van der Waals surface area contributed by atoms with Crippen molar-refractivity contribution in [3.05, 3.63) is 18.7 Å². The first-order valence-corrected chi connectivity index (χ1v) is 6.59. The number of imidazole rings is 1. The number of anilines is 2. The number of hydrazine groups is 1. The van der Waals surface area contributed by atoms with Crippen LogP contribution in [0.5, 0.6) is 0 Å². The zero-order valence-corrected chi connectivity index (χ0v) is 11.6. The van der Waals surface area contributed by atoms with Crippen LogP contribution in [-0.4, -0.2) is 36.6 Å². The molecule has 1 saturated heterocycles. The molecule has 1 fully saturated rings. The van der Waals surface area contributed by atoms with Crippen molar-refractivity contribution in [1.82, 2.24) is 24.5 Å². The molecule has 2 aromatic rings. The Kier molecular flexibility index (Phi) is 3.01. The quantitative estimate of drug-likeness (QED) is 0.628. The maximum absolute atomic E-state index is 5.46. The van der Waals surface area contributed by atoms with E-state index in [9.17, 15) is 0 Å². The maximum atomic E-state index is 5.46. The summed E-state index contributed by atoms with van der Waals surface area (Å²) in [6.45, 7) is 5.32. The molecule has 3 heterocycles. The molecule has 0 unspecified atom stereocenters. The Hall–Kier alpha value is -2.22. The van der Waals surface area contributed by atoms with E-state index in [-0.39, 0.29) is 5.54 Å². The third-order valence-electron chi connectivity index (χ3n) is 3.62. The molecule has 3 N–H and O–H groups in total. The SMILES string of the molecule is CC1(C)CCCN1c1nc(NN)nc(-n2ccnc2)n1. The van der Waals surface area contributed by atoms with Crippen molar-refractivity contribution in [1.29, 1.82) is 0 Å². The lowest BCUT2D eigenvalue weighted by atomic mass is 10.0. The Morgan fingerprint density at radius 1 is 1.25 bits per heavy atom. The zero-order chi connectivity index (χ0) is 14.2. The summed E-state index contributed by atoms with van der Waals surface area (Å²) in [6.07, 6.45) is 7.36. The minimum atomic E-state index is 0.0411. The van der Waals surface area contributed by atoms with Crippen LogP contribution in [0.25, 0.3) is 5.95 Å². The third kappa shape index (κ3) is 2.18. The van der Waals surface area contributed by atoms with Crippen LogP contribution < -0.4 is 16.2 Å². The minimum absolute atomic E-state index is 0.0411. The second-order valence-electron chi connectivity index (χ2n) is 5.44. The third-order valence-corrected chi connectivity index (χ3v) is 3.62. The summed E-state index contributed by atoms with van der Waals surface area (Å²) in [5.74, 6) is 6.95. The number of nitrogens with zero attached hydrogens (tertiary/aromatic N) is 6. The van der Waals surface area contributed by atoms with E-state index >= 15 is 0 Å². The smallest absolute Gasteiger partial charge is 0.243 e. The molecular weight excluding hydrogens is 256 g/mol. The number of aromatic nitrogens is 5. The van der Waals surface area contributed by atoms with Crippen molar-refractivity contribution < 1.29 is 0 Å². The molecule has 8 nitrogen and oxygen atoms in total. The molecule has 0 aliphatic carbocycles. The van der Waals surface area contributed by atoms with Crippen molar-refractivity contribution in [3.8, 4) is 5.95 Å². The Bertz CT molecular complexity index is 592. The predicted molar refractivity (Wildman–Crippen MR) is 75.4 cm³/mol. The molecule has 0 aromatic carbocycles. The highest BCUT2D eigenvalue weighted by molar-refractivity contribution is 5.43. The molecule has 0 atom stereocenters. The van der Waals surface area contributed by atoms with Gasteiger partial charge in [-0.05, 0) is 26.7 Å². The summed E-state index contributed by atoms with van der Waals surface area (Å²) in [6, 6.07) is 0. The number of nitrogens with two attached hydrogens (primary N) is 1. The Balaban J connectivity index is 2.05. The van der Waals surface area contributed by atoms with Gasteiger partial charge in [-0.25, -0.2) is 10.8 Å². The summed E-state index contributed by atoms with van der Waals surface area (Å²) >= 11 is 0. The van der Waals surface area contributed by atoms with Crippen molar-refractivity contribution in [2.24, 2.45) is 5.84 Å². The second kappa shape index (κ2) is 4.71. The Labute approximate surface area is 117 Å². The summed E-state index contributed by atoms with van der Waals surface area (Å²) < 4.78 is 1.73. The number of hydrogen-bond donors (Lipinski definition) is 2. The van der Waals surface area contributed by atoms with Gasteiger partial charge in [-0.3, -0.25) is 9.99 Å². The summed E-state index contributed by atoms with van der Waals surface area (Å²) in [7, 11) is 0. The lowest BCUT2D eigenvalue weighted by molar-refractivity contribution is 0.509. The molecule has 2 aromatic heterocycles.